The fourth-order valence-electron chi connectivity index (χ4n) is 2.16. The van der Waals surface area contributed by atoms with Crippen LogP contribution in [0.25, 0.3) is 0 Å². The summed E-state index contributed by atoms with van der Waals surface area (Å²) in [5.74, 6) is 2.28. The molecule has 0 aromatic carbocycles. The van der Waals surface area contributed by atoms with E-state index in [9.17, 15) is 0 Å². The average molecular weight is 155 g/mol. The molecule has 3 atom stereocenters. The van der Waals surface area contributed by atoms with Crippen LogP contribution in [0.2, 0.25) is 0 Å². The Labute approximate surface area is 70.4 Å². The average Bonchev–Trinajstić information content (AvgIpc) is 2.09. The summed E-state index contributed by atoms with van der Waals surface area (Å²) in [6, 6.07) is 0. The smallest absolute Gasteiger partial charge is 0.0182 e. The molecule has 2 N–H and O–H groups in total. The maximum absolute atomic E-state index is 6.28. The fourth-order valence-corrected chi connectivity index (χ4v) is 2.16. The molecule has 0 aliphatic heterocycles. The molecule has 1 aliphatic carbocycles. The summed E-state index contributed by atoms with van der Waals surface area (Å²) >= 11 is 0. The second-order valence-corrected chi connectivity index (χ2v) is 4.75. The minimum atomic E-state index is 0.138. The van der Waals surface area contributed by atoms with Gasteiger partial charge in [0.05, 0.1) is 0 Å². The lowest BCUT2D eigenvalue weighted by Gasteiger charge is -2.28. The minimum Gasteiger partial charge on any atom is -0.325 e. The van der Waals surface area contributed by atoms with Crippen molar-refractivity contribution in [2.24, 2.45) is 23.5 Å². The maximum Gasteiger partial charge on any atom is 0.0182 e. The standard InChI is InChI=1S/C10H21N/c1-7(2)10(11)5-8(3)9(4)6-10/h7-9H,5-6,11H2,1-4H3/t8-,9?,10?/m0/s1. The first kappa shape index (κ1) is 9.05. The summed E-state index contributed by atoms with van der Waals surface area (Å²) < 4.78 is 0. The molecule has 1 aliphatic rings. The summed E-state index contributed by atoms with van der Waals surface area (Å²) in [4.78, 5) is 0. The number of hydrogen-bond acceptors (Lipinski definition) is 1. The van der Waals surface area contributed by atoms with Gasteiger partial charge in [-0.05, 0) is 30.6 Å². The van der Waals surface area contributed by atoms with E-state index in [-0.39, 0.29) is 5.54 Å². The zero-order valence-electron chi connectivity index (χ0n) is 8.22. The van der Waals surface area contributed by atoms with Crippen LogP contribution < -0.4 is 5.73 Å². The Kier molecular flexibility index (Phi) is 2.29. The number of nitrogens with two attached hydrogens (primary N) is 1. The lowest BCUT2D eigenvalue weighted by Crippen LogP contribution is -2.42. The molecular formula is C10H21N. The summed E-state index contributed by atoms with van der Waals surface area (Å²) in [5.41, 5.74) is 6.42. The first-order valence-electron chi connectivity index (χ1n) is 4.74. The molecule has 0 amide bonds. The molecule has 0 aromatic rings. The van der Waals surface area contributed by atoms with Crippen molar-refractivity contribution in [3.05, 3.63) is 0 Å². The molecule has 0 radical (unpaired) electrons. The van der Waals surface area contributed by atoms with Crippen molar-refractivity contribution in [3.8, 4) is 0 Å². The van der Waals surface area contributed by atoms with Crippen LogP contribution >= 0.6 is 0 Å². The van der Waals surface area contributed by atoms with Crippen LogP contribution in [0.15, 0.2) is 0 Å². The third kappa shape index (κ3) is 1.58. The van der Waals surface area contributed by atoms with Gasteiger partial charge in [-0.15, -0.1) is 0 Å². The molecule has 0 saturated heterocycles. The van der Waals surface area contributed by atoms with Crippen LogP contribution in [-0.4, -0.2) is 5.54 Å². The van der Waals surface area contributed by atoms with Gasteiger partial charge in [-0.1, -0.05) is 27.7 Å². The van der Waals surface area contributed by atoms with Crippen LogP contribution in [0.3, 0.4) is 0 Å². The molecule has 1 rings (SSSR count). The molecule has 1 fully saturated rings. The monoisotopic (exact) mass is 155 g/mol. The van der Waals surface area contributed by atoms with Crippen LogP contribution in [0.4, 0.5) is 0 Å². The van der Waals surface area contributed by atoms with E-state index >= 15 is 0 Å². The van der Waals surface area contributed by atoms with Gasteiger partial charge in [0.1, 0.15) is 0 Å². The van der Waals surface area contributed by atoms with Crippen molar-refractivity contribution >= 4 is 0 Å². The normalized spacial score (nSPS) is 45.3. The fraction of sp³-hybridized carbons (Fsp3) is 1.00. The summed E-state index contributed by atoms with van der Waals surface area (Å²) in [5, 5.41) is 0. The molecule has 2 unspecified atom stereocenters. The summed E-state index contributed by atoms with van der Waals surface area (Å²) in [7, 11) is 0. The van der Waals surface area contributed by atoms with Crippen LogP contribution in [0.5, 0.6) is 0 Å². The van der Waals surface area contributed by atoms with E-state index in [0.29, 0.717) is 5.92 Å². The third-order valence-corrected chi connectivity index (χ3v) is 3.53. The van der Waals surface area contributed by atoms with Gasteiger partial charge in [-0.2, -0.15) is 0 Å². The highest BCUT2D eigenvalue weighted by atomic mass is 14.8. The van der Waals surface area contributed by atoms with Crippen molar-refractivity contribution in [2.75, 3.05) is 0 Å². The second kappa shape index (κ2) is 2.78. The second-order valence-electron chi connectivity index (χ2n) is 4.75. The van der Waals surface area contributed by atoms with Crippen molar-refractivity contribution in [2.45, 2.75) is 46.1 Å². The van der Waals surface area contributed by atoms with Crippen LogP contribution in [-0.2, 0) is 0 Å². The molecule has 1 nitrogen and oxygen atoms in total. The van der Waals surface area contributed by atoms with Gasteiger partial charge in [-0.3, -0.25) is 0 Å². The van der Waals surface area contributed by atoms with Gasteiger partial charge in [0.25, 0.3) is 0 Å². The van der Waals surface area contributed by atoms with Crippen LogP contribution in [0, 0.1) is 17.8 Å². The first-order chi connectivity index (χ1) is 4.96. The molecule has 0 heterocycles. The molecule has 1 heteroatoms. The zero-order chi connectivity index (χ0) is 8.65. The quantitative estimate of drug-likeness (QED) is 0.618. The Morgan fingerprint density at radius 1 is 1.18 bits per heavy atom. The molecule has 0 spiro atoms. The molecule has 11 heavy (non-hydrogen) atoms. The largest absolute Gasteiger partial charge is 0.325 e. The summed E-state index contributed by atoms with van der Waals surface area (Å²) in [6.45, 7) is 9.12. The Balaban J connectivity index is 2.64. The lowest BCUT2D eigenvalue weighted by molar-refractivity contribution is 0.305. The van der Waals surface area contributed by atoms with E-state index in [1.54, 1.807) is 0 Å². The molecule has 1 saturated carbocycles. The molecule has 66 valence electrons. The predicted molar refractivity (Wildman–Crippen MR) is 49.3 cm³/mol. The first-order valence-corrected chi connectivity index (χ1v) is 4.74. The van der Waals surface area contributed by atoms with Gasteiger partial charge >= 0.3 is 0 Å². The van der Waals surface area contributed by atoms with Gasteiger partial charge in [0, 0.05) is 5.54 Å². The van der Waals surface area contributed by atoms with E-state index in [2.05, 4.69) is 27.7 Å². The van der Waals surface area contributed by atoms with Gasteiger partial charge in [0.2, 0.25) is 0 Å². The van der Waals surface area contributed by atoms with Gasteiger partial charge in [-0.25, -0.2) is 0 Å². The van der Waals surface area contributed by atoms with E-state index in [0.717, 1.165) is 11.8 Å². The Morgan fingerprint density at radius 3 is 1.73 bits per heavy atom. The van der Waals surface area contributed by atoms with E-state index in [1.165, 1.54) is 12.8 Å². The Hall–Kier alpha value is -0.0400. The highest BCUT2D eigenvalue weighted by Crippen LogP contribution is 2.41. The van der Waals surface area contributed by atoms with E-state index in [4.69, 9.17) is 5.73 Å². The molecule has 0 aromatic heterocycles. The molecule has 0 bridgehead atoms. The van der Waals surface area contributed by atoms with Gasteiger partial charge in [0.15, 0.2) is 0 Å². The maximum atomic E-state index is 6.28. The zero-order valence-corrected chi connectivity index (χ0v) is 8.22. The van der Waals surface area contributed by atoms with Crippen molar-refractivity contribution in [1.82, 2.24) is 0 Å². The number of hydrogen-bond donors (Lipinski definition) is 1. The third-order valence-electron chi connectivity index (χ3n) is 3.53. The number of rotatable bonds is 1. The van der Waals surface area contributed by atoms with E-state index in [1.807, 2.05) is 0 Å². The molecular weight excluding hydrogens is 134 g/mol. The Morgan fingerprint density at radius 2 is 1.55 bits per heavy atom. The van der Waals surface area contributed by atoms with Crippen molar-refractivity contribution in [3.63, 3.8) is 0 Å². The Bertz CT molecular complexity index is 130. The van der Waals surface area contributed by atoms with Crippen LogP contribution in [0.1, 0.15) is 40.5 Å². The highest BCUT2D eigenvalue weighted by Gasteiger charge is 2.40. The van der Waals surface area contributed by atoms with Crippen molar-refractivity contribution in [1.29, 1.82) is 0 Å². The van der Waals surface area contributed by atoms with Crippen molar-refractivity contribution < 1.29 is 0 Å². The SMILES string of the molecule is CC1CC(N)(C(C)C)C[C@@H]1C. The highest BCUT2D eigenvalue weighted by molar-refractivity contribution is 4.97. The minimum absolute atomic E-state index is 0.138. The van der Waals surface area contributed by atoms with E-state index < -0.39 is 0 Å². The topological polar surface area (TPSA) is 26.0 Å². The predicted octanol–water partition coefficient (Wildman–Crippen LogP) is 2.41. The summed E-state index contributed by atoms with van der Waals surface area (Å²) in [6.07, 6.45) is 2.43. The van der Waals surface area contributed by atoms with Gasteiger partial charge < -0.3 is 5.73 Å². The lowest BCUT2D eigenvalue weighted by atomic mass is 9.85.